The Kier molecular flexibility index (Phi) is 12.7. The van der Waals surface area contributed by atoms with Gasteiger partial charge in [0.1, 0.15) is 17.2 Å². The lowest BCUT2D eigenvalue weighted by molar-refractivity contribution is 0.0332. The molecular formula is C31H32Cl3FN6O3. The zero-order chi connectivity index (χ0) is 28.0. The molecule has 44 heavy (non-hydrogen) atoms. The Morgan fingerprint density at radius 1 is 0.955 bits per heavy atom. The van der Waals surface area contributed by atoms with E-state index >= 15 is 4.39 Å². The Labute approximate surface area is 272 Å². The Hall–Kier alpha value is -3.93. The SMILES string of the molecule is Cl.Cl.Cl.O=C(NC(CN1CCOCC1)c1ccccc1)c1cccnc1Nc1ccc(Oc2ccnc3[nH]ccc23)c(F)c1. The number of nitrogens with zero attached hydrogens (tertiary/aromatic N) is 3. The lowest BCUT2D eigenvalue weighted by atomic mass is 10.1. The third kappa shape index (κ3) is 8.16. The molecule has 1 amide bonds. The number of carbonyl (C=O) groups is 1. The fraction of sp³-hybridized carbons (Fsp3) is 0.194. The molecule has 3 aromatic heterocycles. The summed E-state index contributed by atoms with van der Waals surface area (Å²) in [7, 11) is 0. The molecule has 13 heteroatoms. The third-order valence-electron chi connectivity index (χ3n) is 6.94. The number of ether oxygens (including phenoxy) is 2. The monoisotopic (exact) mass is 660 g/mol. The van der Waals surface area contributed by atoms with Crippen molar-refractivity contribution in [3.8, 4) is 11.5 Å². The maximum Gasteiger partial charge on any atom is 0.255 e. The maximum atomic E-state index is 15.1. The number of pyridine rings is 2. The summed E-state index contributed by atoms with van der Waals surface area (Å²) < 4.78 is 26.4. The first-order valence-corrected chi connectivity index (χ1v) is 13.4. The number of anilines is 2. The van der Waals surface area contributed by atoms with Crippen LogP contribution in [0, 0.1) is 5.82 Å². The number of rotatable bonds is 9. The molecule has 0 bridgehead atoms. The van der Waals surface area contributed by atoms with Crippen molar-refractivity contribution in [3.05, 3.63) is 108 Å². The van der Waals surface area contributed by atoms with Crippen molar-refractivity contribution in [1.29, 1.82) is 0 Å². The Balaban J connectivity index is 0.00000176. The molecule has 5 aromatic rings. The predicted molar refractivity (Wildman–Crippen MR) is 176 cm³/mol. The van der Waals surface area contributed by atoms with Crippen LogP contribution in [-0.2, 0) is 4.74 Å². The standard InChI is InChI=1S/C31H29FN6O3.3ClH/c32-25-19-22(8-9-28(25)41-27-11-14-35-29-23(27)10-13-34-29)36-30-24(7-4-12-33-30)31(39)37-26(21-5-2-1-3-6-21)20-38-15-17-40-18-16-38;;;/h1-14,19,26H,15-18,20H2,(H,33,36)(H,34,35)(H,37,39);3*1H. The first-order valence-electron chi connectivity index (χ1n) is 13.4. The lowest BCUT2D eigenvalue weighted by Crippen LogP contribution is -2.43. The van der Waals surface area contributed by atoms with E-state index in [9.17, 15) is 4.79 Å². The van der Waals surface area contributed by atoms with Crippen molar-refractivity contribution in [2.75, 3.05) is 38.2 Å². The minimum absolute atomic E-state index is 0. The fourth-order valence-corrected chi connectivity index (χ4v) is 4.83. The number of nitrogens with one attached hydrogen (secondary N) is 3. The molecule has 9 nitrogen and oxygen atoms in total. The van der Waals surface area contributed by atoms with Gasteiger partial charge in [-0.1, -0.05) is 30.3 Å². The highest BCUT2D eigenvalue weighted by Gasteiger charge is 2.22. The summed E-state index contributed by atoms with van der Waals surface area (Å²) in [5.74, 6) is 0.0319. The lowest BCUT2D eigenvalue weighted by Gasteiger charge is -2.31. The molecule has 0 spiro atoms. The first kappa shape index (κ1) is 34.6. The number of amides is 1. The van der Waals surface area contributed by atoms with Gasteiger partial charge in [0.25, 0.3) is 5.91 Å². The van der Waals surface area contributed by atoms with Gasteiger partial charge in [-0.25, -0.2) is 14.4 Å². The largest absolute Gasteiger partial charge is 0.453 e. The zero-order valence-corrected chi connectivity index (χ0v) is 25.9. The van der Waals surface area contributed by atoms with Crippen molar-refractivity contribution in [1.82, 2.24) is 25.2 Å². The van der Waals surface area contributed by atoms with Gasteiger partial charge in [-0.2, -0.15) is 0 Å². The fourth-order valence-electron chi connectivity index (χ4n) is 4.83. The highest BCUT2D eigenvalue weighted by atomic mass is 35.5. The molecule has 3 N–H and O–H groups in total. The second-order valence-corrected chi connectivity index (χ2v) is 9.67. The van der Waals surface area contributed by atoms with E-state index in [0.717, 1.165) is 24.0 Å². The summed E-state index contributed by atoms with van der Waals surface area (Å²) in [6.45, 7) is 3.61. The van der Waals surface area contributed by atoms with Crippen molar-refractivity contribution in [2.45, 2.75) is 6.04 Å². The van der Waals surface area contributed by atoms with Crippen LogP contribution in [0.1, 0.15) is 22.0 Å². The molecule has 1 unspecified atom stereocenters. The van der Waals surface area contributed by atoms with E-state index in [4.69, 9.17) is 9.47 Å². The molecule has 0 aliphatic carbocycles. The average Bonchev–Trinajstić information content (AvgIpc) is 3.50. The third-order valence-corrected chi connectivity index (χ3v) is 6.94. The maximum absolute atomic E-state index is 15.1. The minimum atomic E-state index is -0.563. The van der Waals surface area contributed by atoms with Crippen LogP contribution in [0.4, 0.5) is 15.9 Å². The van der Waals surface area contributed by atoms with Crippen molar-refractivity contribution >= 4 is 65.7 Å². The number of H-pyrrole nitrogens is 1. The number of morpholine rings is 1. The number of carbonyl (C=O) groups excluding carboxylic acids is 1. The van der Waals surface area contributed by atoms with Gasteiger partial charge < -0.3 is 25.1 Å². The van der Waals surface area contributed by atoms with E-state index in [2.05, 4.69) is 30.5 Å². The van der Waals surface area contributed by atoms with Gasteiger partial charge in [0.15, 0.2) is 11.6 Å². The normalized spacial score (nSPS) is 13.5. The summed E-state index contributed by atoms with van der Waals surface area (Å²) in [6, 6.07) is 21.1. The second kappa shape index (κ2) is 16.2. The molecule has 1 aliphatic rings. The molecule has 2 aromatic carbocycles. The summed E-state index contributed by atoms with van der Waals surface area (Å²) in [5, 5.41) is 7.03. The Bertz CT molecular complexity index is 1650. The topological polar surface area (TPSA) is 104 Å². The van der Waals surface area contributed by atoms with Crippen LogP contribution >= 0.6 is 37.2 Å². The van der Waals surface area contributed by atoms with Crippen molar-refractivity contribution in [3.63, 3.8) is 0 Å². The predicted octanol–water partition coefficient (Wildman–Crippen LogP) is 6.70. The van der Waals surface area contributed by atoms with Crippen LogP contribution in [-0.4, -0.2) is 58.6 Å². The second-order valence-electron chi connectivity index (χ2n) is 9.67. The zero-order valence-electron chi connectivity index (χ0n) is 23.4. The molecule has 232 valence electrons. The quantitative estimate of drug-likeness (QED) is 0.162. The molecule has 1 atom stereocenters. The number of fused-ring (bicyclic) bond motifs is 1. The van der Waals surface area contributed by atoms with E-state index in [1.165, 1.54) is 12.1 Å². The molecule has 0 radical (unpaired) electrons. The van der Waals surface area contributed by atoms with Gasteiger partial charge in [-0.15, -0.1) is 37.2 Å². The number of hydrogen-bond donors (Lipinski definition) is 3. The van der Waals surface area contributed by atoms with Gasteiger partial charge in [0, 0.05) is 50.0 Å². The highest BCUT2D eigenvalue weighted by Crippen LogP contribution is 2.32. The van der Waals surface area contributed by atoms with E-state index in [0.29, 0.717) is 48.2 Å². The van der Waals surface area contributed by atoms with E-state index in [-0.39, 0.29) is 54.9 Å². The van der Waals surface area contributed by atoms with Crippen LogP contribution in [0.15, 0.2) is 91.4 Å². The number of aromatic amines is 1. The van der Waals surface area contributed by atoms with Gasteiger partial charge >= 0.3 is 0 Å². The molecule has 1 fully saturated rings. The molecular weight excluding hydrogens is 630 g/mol. The minimum Gasteiger partial charge on any atom is -0.453 e. The number of aromatic nitrogens is 3. The number of benzene rings is 2. The Morgan fingerprint density at radius 2 is 1.75 bits per heavy atom. The van der Waals surface area contributed by atoms with Crippen LogP contribution in [0.2, 0.25) is 0 Å². The Morgan fingerprint density at radius 3 is 2.52 bits per heavy atom. The average molecular weight is 662 g/mol. The summed E-state index contributed by atoms with van der Waals surface area (Å²) in [4.78, 5) is 27.4. The van der Waals surface area contributed by atoms with Crippen LogP contribution in [0.5, 0.6) is 11.5 Å². The summed E-state index contributed by atoms with van der Waals surface area (Å²) in [6.07, 6.45) is 4.93. The van der Waals surface area contributed by atoms with Crippen molar-refractivity contribution in [2.24, 2.45) is 0 Å². The molecule has 4 heterocycles. The molecule has 6 rings (SSSR count). The molecule has 1 saturated heterocycles. The van der Waals surface area contributed by atoms with E-state index in [1.807, 2.05) is 36.4 Å². The summed E-state index contributed by atoms with van der Waals surface area (Å²) >= 11 is 0. The van der Waals surface area contributed by atoms with Crippen LogP contribution in [0.3, 0.4) is 0 Å². The highest BCUT2D eigenvalue weighted by molar-refractivity contribution is 5.99. The smallest absolute Gasteiger partial charge is 0.255 e. The van der Waals surface area contributed by atoms with E-state index < -0.39 is 5.82 Å². The first-order chi connectivity index (χ1) is 20.1. The van der Waals surface area contributed by atoms with Gasteiger partial charge in [-0.05, 0) is 42.0 Å². The van der Waals surface area contributed by atoms with Crippen LogP contribution < -0.4 is 15.4 Å². The van der Waals surface area contributed by atoms with Gasteiger partial charge in [0.05, 0.1) is 30.2 Å². The van der Waals surface area contributed by atoms with Crippen LogP contribution in [0.25, 0.3) is 11.0 Å². The van der Waals surface area contributed by atoms with Gasteiger partial charge in [-0.3, -0.25) is 9.69 Å². The van der Waals surface area contributed by atoms with E-state index in [1.54, 1.807) is 42.9 Å². The van der Waals surface area contributed by atoms with Crippen molar-refractivity contribution < 1.29 is 18.7 Å². The van der Waals surface area contributed by atoms with Gasteiger partial charge in [0.2, 0.25) is 0 Å². The number of halogens is 4. The molecule has 0 saturated carbocycles. The molecule has 1 aliphatic heterocycles. The summed E-state index contributed by atoms with van der Waals surface area (Å²) in [5.41, 5.74) is 2.44. The number of hydrogen-bond acceptors (Lipinski definition) is 7.